The molecule has 2 N–H and O–H groups in total. The molecule has 0 aromatic heterocycles. The summed E-state index contributed by atoms with van der Waals surface area (Å²) in [5.74, 6) is 1.58. The van der Waals surface area contributed by atoms with E-state index >= 15 is 0 Å². The molecule has 1 heterocycles. The highest BCUT2D eigenvalue weighted by Crippen LogP contribution is 2.37. The summed E-state index contributed by atoms with van der Waals surface area (Å²) in [4.78, 5) is 2.81. The van der Waals surface area contributed by atoms with E-state index in [9.17, 15) is 0 Å². The predicted molar refractivity (Wildman–Crippen MR) is 89.4 cm³/mol. The summed E-state index contributed by atoms with van der Waals surface area (Å²) in [6.07, 6.45) is 9.52. The van der Waals surface area contributed by atoms with Gasteiger partial charge in [-0.2, -0.15) is 0 Å². The molecular weight excluding hydrogens is 256 g/mol. The number of nitrogens with two attached hydrogens (primary N) is 1. The van der Waals surface area contributed by atoms with Crippen molar-refractivity contribution in [1.29, 1.82) is 0 Å². The summed E-state index contributed by atoms with van der Waals surface area (Å²) in [7, 11) is 0. The van der Waals surface area contributed by atoms with Gasteiger partial charge in [0.1, 0.15) is 0 Å². The average Bonchev–Trinajstić information content (AvgIpc) is 2.56. The molecule has 3 atom stereocenters. The third-order valence-electron chi connectivity index (χ3n) is 5.55. The normalized spacial score (nSPS) is 31.2. The molecule has 0 spiro atoms. The van der Waals surface area contributed by atoms with E-state index in [4.69, 9.17) is 5.73 Å². The van der Waals surface area contributed by atoms with Gasteiger partial charge in [0.2, 0.25) is 0 Å². The quantitative estimate of drug-likeness (QED) is 0.913. The van der Waals surface area contributed by atoms with E-state index in [1.54, 1.807) is 5.56 Å². The molecule has 2 heteroatoms. The van der Waals surface area contributed by atoms with E-state index < -0.39 is 0 Å². The molecule has 2 fully saturated rings. The summed E-state index contributed by atoms with van der Waals surface area (Å²) in [6.45, 7) is 3.44. The van der Waals surface area contributed by atoms with Crippen molar-refractivity contribution < 1.29 is 0 Å². The number of benzene rings is 1. The molecule has 0 amide bonds. The number of hydrogen-bond donors (Lipinski definition) is 1. The van der Waals surface area contributed by atoms with E-state index in [0.717, 1.165) is 24.4 Å². The Balaban J connectivity index is 1.72. The maximum atomic E-state index is 5.78. The molecular formula is C19H30N2. The standard InChI is InChI=1S/C19H30N2/c20-13-12-16-7-6-14-21(15-16)19-11-5-4-10-18(19)17-8-2-1-3-9-17/h1-3,8-9,16,18-19H,4-7,10-15,20H2. The van der Waals surface area contributed by atoms with Gasteiger partial charge in [0.25, 0.3) is 0 Å². The Morgan fingerprint density at radius 3 is 2.62 bits per heavy atom. The van der Waals surface area contributed by atoms with Crippen molar-refractivity contribution in [1.82, 2.24) is 4.90 Å². The molecule has 2 nitrogen and oxygen atoms in total. The minimum Gasteiger partial charge on any atom is -0.330 e. The Morgan fingerprint density at radius 1 is 1.00 bits per heavy atom. The first-order chi connectivity index (χ1) is 10.4. The van der Waals surface area contributed by atoms with Crippen LogP contribution in [0.3, 0.4) is 0 Å². The van der Waals surface area contributed by atoms with Crippen molar-refractivity contribution in [2.75, 3.05) is 19.6 Å². The number of hydrogen-bond acceptors (Lipinski definition) is 2. The van der Waals surface area contributed by atoms with Crippen LogP contribution in [0.5, 0.6) is 0 Å². The van der Waals surface area contributed by atoms with Crippen LogP contribution >= 0.6 is 0 Å². The molecule has 2 aliphatic rings. The number of piperidine rings is 1. The van der Waals surface area contributed by atoms with Crippen molar-refractivity contribution >= 4 is 0 Å². The molecule has 0 bridgehead atoms. The fraction of sp³-hybridized carbons (Fsp3) is 0.684. The predicted octanol–water partition coefficient (Wildman–Crippen LogP) is 3.77. The topological polar surface area (TPSA) is 29.3 Å². The van der Waals surface area contributed by atoms with E-state index in [0.29, 0.717) is 0 Å². The van der Waals surface area contributed by atoms with Crippen molar-refractivity contribution in [3.8, 4) is 0 Å². The monoisotopic (exact) mass is 286 g/mol. The van der Waals surface area contributed by atoms with Crippen LogP contribution in [-0.4, -0.2) is 30.6 Å². The highest BCUT2D eigenvalue weighted by Gasteiger charge is 2.33. The van der Waals surface area contributed by atoms with E-state index in [2.05, 4.69) is 35.2 Å². The first kappa shape index (κ1) is 15.1. The van der Waals surface area contributed by atoms with E-state index in [1.165, 1.54) is 58.0 Å². The smallest absolute Gasteiger partial charge is 0.0164 e. The maximum absolute atomic E-state index is 5.78. The fourth-order valence-electron chi connectivity index (χ4n) is 4.51. The van der Waals surface area contributed by atoms with E-state index in [-0.39, 0.29) is 0 Å². The van der Waals surface area contributed by atoms with Crippen LogP contribution in [0.2, 0.25) is 0 Å². The van der Waals surface area contributed by atoms with Crippen LogP contribution in [-0.2, 0) is 0 Å². The second-order valence-electron chi connectivity index (χ2n) is 6.95. The summed E-state index contributed by atoms with van der Waals surface area (Å²) in [5.41, 5.74) is 7.34. The lowest BCUT2D eigenvalue weighted by Gasteiger charge is -2.44. The van der Waals surface area contributed by atoms with Gasteiger partial charge in [-0.15, -0.1) is 0 Å². The van der Waals surface area contributed by atoms with Crippen molar-refractivity contribution in [2.24, 2.45) is 11.7 Å². The second kappa shape index (κ2) is 7.42. The zero-order valence-corrected chi connectivity index (χ0v) is 13.2. The van der Waals surface area contributed by atoms with Gasteiger partial charge in [-0.3, -0.25) is 4.90 Å². The molecule has 1 saturated carbocycles. The van der Waals surface area contributed by atoms with Gasteiger partial charge in [-0.05, 0) is 62.6 Å². The van der Waals surface area contributed by atoms with Crippen LogP contribution in [0.4, 0.5) is 0 Å². The summed E-state index contributed by atoms with van der Waals surface area (Å²) >= 11 is 0. The highest BCUT2D eigenvalue weighted by atomic mass is 15.2. The Labute approximate surface area is 129 Å². The summed E-state index contributed by atoms with van der Waals surface area (Å²) in [6, 6.07) is 12.0. The molecule has 3 rings (SSSR count). The first-order valence-electron chi connectivity index (χ1n) is 8.87. The van der Waals surface area contributed by atoms with Crippen molar-refractivity contribution in [2.45, 2.75) is 56.9 Å². The maximum Gasteiger partial charge on any atom is 0.0164 e. The van der Waals surface area contributed by atoms with Gasteiger partial charge in [0.15, 0.2) is 0 Å². The molecule has 21 heavy (non-hydrogen) atoms. The Kier molecular flexibility index (Phi) is 5.32. The van der Waals surface area contributed by atoms with Crippen LogP contribution in [0.25, 0.3) is 0 Å². The average molecular weight is 286 g/mol. The molecule has 1 aliphatic heterocycles. The molecule has 1 saturated heterocycles. The number of nitrogens with zero attached hydrogens (tertiary/aromatic N) is 1. The summed E-state index contributed by atoms with van der Waals surface area (Å²) < 4.78 is 0. The van der Waals surface area contributed by atoms with Crippen LogP contribution in [0, 0.1) is 5.92 Å². The zero-order valence-electron chi connectivity index (χ0n) is 13.2. The second-order valence-corrected chi connectivity index (χ2v) is 6.95. The third kappa shape index (κ3) is 3.67. The minimum absolute atomic E-state index is 0.747. The Bertz CT molecular complexity index is 415. The minimum atomic E-state index is 0.747. The van der Waals surface area contributed by atoms with Crippen molar-refractivity contribution in [3.05, 3.63) is 35.9 Å². The molecule has 1 aliphatic carbocycles. The van der Waals surface area contributed by atoms with Gasteiger partial charge >= 0.3 is 0 Å². The number of rotatable bonds is 4. The highest BCUT2D eigenvalue weighted by molar-refractivity contribution is 5.22. The molecule has 1 aromatic carbocycles. The zero-order chi connectivity index (χ0) is 14.5. The molecule has 1 aromatic rings. The van der Waals surface area contributed by atoms with Crippen molar-refractivity contribution in [3.63, 3.8) is 0 Å². The van der Waals surface area contributed by atoms with Gasteiger partial charge < -0.3 is 5.73 Å². The lowest BCUT2D eigenvalue weighted by atomic mass is 9.78. The lowest BCUT2D eigenvalue weighted by Crippen LogP contribution is -2.47. The largest absolute Gasteiger partial charge is 0.330 e. The Hall–Kier alpha value is -0.860. The first-order valence-corrected chi connectivity index (χ1v) is 8.87. The third-order valence-corrected chi connectivity index (χ3v) is 5.55. The lowest BCUT2D eigenvalue weighted by molar-refractivity contribution is 0.0826. The molecule has 3 unspecified atom stereocenters. The SMILES string of the molecule is NCCC1CCCN(C2CCCCC2c2ccccc2)C1. The molecule has 116 valence electrons. The number of likely N-dealkylation sites (tertiary alicyclic amines) is 1. The van der Waals surface area contributed by atoms with Gasteiger partial charge in [0.05, 0.1) is 0 Å². The van der Waals surface area contributed by atoms with Crippen LogP contribution < -0.4 is 5.73 Å². The van der Waals surface area contributed by atoms with E-state index in [1.807, 2.05) is 0 Å². The van der Waals surface area contributed by atoms with Crippen LogP contribution in [0.1, 0.15) is 56.4 Å². The molecule has 0 radical (unpaired) electrons. The fourth-order valence-corrected chi connectivity index (χ4v) is 4.51. The van der Waals surface area contributed by atoms with Gasteiger partial charge in [-0.25, -0.2) is 0 Å². The van der Waals surface area contributed by atoms with Gasteiger partial charge in [-0.1, -0.05) is 43.2 Å². The van der Waals surface area contributed by atoms with Crippen LogP contribution in [0.15, 0.2) is 30.3 Å². The van der Waals surface area contributed by atoms with Gasteiger partial charge in [0, 0.05) is 12.6 Å². The Morgan fingerprint density at radius 2 is 1.81 bits per heavy atom. The summed E-state index contributed by atoms with van der Waals surface area (Å²) in [5, 5.41) is 0.